The first-order valence-corrected chi connectivity index (χ1v) is 19.2. The van der Waals surface area contributed by atoms with Crippen LogP contribution < -0.4 is 21.7 Å². The molecule has 2 heterocycles. The smallest absolute Gasteiger partial charge is 0.315 e. The maximum Gasteiger partial charge on any atom is 0.315 e. The molecule has 0 radical (unpaired) electrons. The van der Waals surface area contributed by atoms with Crippen LogP contribution in [0.3, 0.4) is 0 Å². The predicted molar refractivity (Wildman–Crippen MR) is 181 cm³/mol. The van der Waals surface area contributed by atoms with Crippen molar-refractivity contribution in [3.63, 3.8) is 0 Å². The van der Waals surface area contributed by atoms with E-state index in [4.69, 9.17) is 5.73 Å². The van der Waals surface area contributed by atoms with Gasteiger partial charge in [-0.15, -0.1) is 0 Å². The molecule has 1 saturated heterocycles. The third kappa shape index (κ3) is 7.78. The summed E-state index contributed by atoms with van der Waals surface area (Å²) in [6, 6.07) is 0.990. The summed E-state index contributed by atoms with van der Waals surface area (Å²) in [7, 11) is -3.83. The Kier molecular flexibility index (Phi) is 10.2. The van der Waals surface area contributed by atoms with E-state index in [0.717, 1.165) is 38.5 Å². The number of amides is 5. The third-order valence-electron chi connectivity index (χ3n) is 11.4. The van der Waals surface area contributed by atoms with Crippen molar-refractivity contribution in [1.82, 2.24) is 25.8 Å². The average molecular weight is 701 g/mol. The number of pyridine rings is 1. The Morgan fingerprint density at radius 2 is 1.69 bits per heavy atom. The van der Waals surface area contributed by atoms with E-state index in [2.05, 4.69) is 20.9 Å². The van der Waals surface area contributed by atoms with Crippen LogP contribution in [0.4, 0.5) is 4.79 Å². The van der Waals surface area contributed by atoms with Gasteiger partial charge in [0, 0.05) is 12.7 Å². The number of carbonyl (C=O) groups is 5. The predicted octanol–water partition coefficient (Wildman–Crippen LogP) is 2.48. The van der Waals surface area contributed by atoms with Crippen LogP contribution in [0.15, 0.2) is 29.4 Å². The van der Waals surface area contributed by atoms with Crippen molar-refractivity contribution < 1.29 is 32.4 Å². The minimum Gasteiger partial charge on any atom is -0.363 e. The Labute approximate surface area is 289 Å². The van der Waals surface area contributed by atoms with Crippen molar-refractivity contribution in [2.75, 3.05) is 12.3 Å². The summed E-state index contributed by atoms with van der Waals surface area (Å²) in [6.45, 7) is 9.82. The molecule has 1 unspecified atom stereocenters. The molecule has 14 heteroatoms. The molecule has 4 aliphatic rings. The van der Waals surface area contributed by atoms with Crippen LogP contribution in [0.2, 0.25) is 0 Å². The Bertz CT molecular complexity index is 1560. The van der Waals surface area contributed by atoms with E-state index in [1.165, 1.54) is 17.2 Å². The van der Waals surface area contributed by atoms with Crippen molar-refractivity contribution in [1.29, 1.82) is 0 Å². The molecule has 1 aromatic heterocycles. The SMILES string of the molecule is CC(C)(C)[C@H](NC(=O)NC1(CS(=O)(=O)c2ccccn2)CCCCC1)C(=O)N1C[C@H]2[C@@H]([C@H]1C(=O)NC(CC1CCC1)C(=O)C(N)=O)C2(C)C. The molecular weight excluding hydrogens is 648 g/mol. The molecule has 1 aliphatic heterocycles. The number of aromatic nitrogens is 1. The van der Waals surface area contributed by atoms with Gasteiger partial charge in [-0.05, 0) is 60.0 Å². The summed E-state index contributed by atoms with van der Waals surface area (Å²) in [6.07, 6.45) is 7.88. The van der Waals surface area contributed by atoms with Crippen molar-refractivity contribution in [3.8, 4) is 0 Å². The number of nitrogens with two attached hydrogens (primary N) is 1. The zero-order valence-electron chi connectivity index (χ0n) is 29.3. The number of piperidine rings is 1. The van der Waals surface area contributed by atoms with Gasteiger partial charge >= 0.3 is 6.03 Å². The number of sulfone groups is 1. The first-order chi connectivity index (χ1) is 22.9. The van der Waals surface area contributed by atoms with Crippen LogP contribution in [0.5, 0.6) is 0 Å². The molecule has 5 rings (SSSR count). The molecule has 0 aromatic carbocycles. The number of Topliss-reactive ketones (excluding diaryl/α,β-unsaturated/α-hetero) is 1. The van der Waals surface area contributed by atoms with Crippen molar-refractivity contribution in [3.05, 3.63) is 24.4 Å². The fourth-order valence-corrected chi connectivity index (χ4v) is 10.0. The number of hydrogen-bond acceptors (Lipinski definition) is 8. The highest BCUT2D eigenvalue weighted by Crippen LogP contribution is 2.65. The lowest BCUT2D eigenvalue weighted by molar-refractivity contribution is -0.145. The van der Waals surface area contributed by atoms with Gasteiger partial charge in [-0.3, -0.25) is 19.2 Å². The first kappa shape index (κ1) is 36.7. The highest BCUT2D eigenvalue weighted by Gasteiger charge is 2.70. The Morgan fingerprint density at radius 1 is 1.02 bits per heavy atom. The van der Waals surface area contributed by atoms with E-state index in [9.17, 15) is 32.4 Å². The molecule has 3 aliphatic carbocycles. The lowest BCUT2D eigenvalue weighted by atomic mass is 9.80. The van der Waals surface area contributed by atoms with Gasteiger partial charge in [-0.1, -0.05) is 79.2 Å². The second-order valence-corrected chi connectivity index (χ2v) is 18.3. The van der Waals surface area contributed by atoms with Gasteiger partial charge in [0.25, 0.3) is 5.91 Å². The molecule has 0 bridgehead atoms. The van der Waals surface area contributed by atoms with Crippen LogP contribution >= 0.6 is 0 Å². The molecule has 49 heavy (non-hydrogen) atoms. The van der Waals surface area contributed by atoms with Crippen LogP contribution in [-0.2, 0) is 29.0 Å². The lowest BCUT2D eigenvalue weighted by Crippen LogP contribution is -2.64. The molecule has 0 spiro atoms. The maximum atomic E-state index is 14.4. The van der Waals surface area contributed by atoms with E-state index >= 15 is 0 Å². The molecule has 1 aromatic rings. The van der Waals surface area contributed by atoms with Crippen LogP contribution in [0, 0.1) is 28.6 Å². The van der Waals surface area contributed by atoms with E-state index in [-0.39, 0.29) is 33.9 Å². The average Bonchev–Trinajstić information content (AvgIpc) is 3.31. The molecule has 5 amide bonds. The number of urea groups is 1. The van der Waals surface area contributed by atoms with Gasteiger partial charge in [0.15, 0.2) is 14.9 Å². The van der Waals surface area contributed by atoms with E-state index in [0.29, 0.717) is 25.8 Å². The second kappa shape index (κ2) is 13.6. The summed E-state index contributed by atoms with van der Waals surface area (Å²) in [4.78, 5) is 72.3. The quantitative estimate of drug-likeness (QED) is 0.239. The largest absolute Gasteiger partial charge is 0.363 e. The highest BCUT2D eigenvalue weighted by molar-refractivity contribution is 7.91. The fourth-order valence-electron chi connectivity index (χ4n) is 8.26. The normalized spacial score (nSPS) is 25.6. The number of ketones is 1. The molecule has 13 nitrogen and oxygen atoms in total. The number of nitrogens with one attached hydrogen (secondary N) is 3. The van der Waals surface area contributed by atoms with Gasteiger partial charge < -0.3 is 26.6 Å². The molecular formula is C35H52N6O7S. The van der Waals surface area contributed by atoms with E-state index in [1.54, 1.807) is 12.1 Å². The van der Waals surface area contributed by atoms with Crippen LogP contribution in [0.25, 0.3) is 0 Å². The molecule has 5 atom stereocenters. The number of nitrogens with zero attached hydrogens (tertiary/aromatic N) is 2. The lowest BCUT2D eigenvalue weighted by Gasteiger charge is -2.40. The van der Waals surface area contributed by atoms with E-state index in [1.807, 2.05) is 34.6 Å². The molecule has 3 saturated carbocycles. The number of likely N-dealkylation sites (tertiary alicyclic amines) is 1. The van der Waals surface area contributed by atoms with Gasteiger partial charge in [0.2, 0.25) is 17.6 Å². The van der Waals surface area contributed by atoms with Crippen LogP contribution in [-0.4, -0.2) is 83.8 Å². The summed E-state index contributed by atoms with van der Waals surface area (Å²) >= 11 is 0. The van der Waals surface area contributed by atoms with Crippen LogP contribution in [0.1, 0.15) is 92.4 Å². The molecule has 4 fully saturated rings. The fraction of sp³-hybridized carbons (Fsp3) is 0.714. The van der Waals surface area contributed by atoms with Crippen molar-refractivity contribution in [2.24, 2.45) is 34.3 Å². The summed E-state index contributed by atoms with van der Waals surface area (Å²) in [5.74, 6) is -3.15. The number of rotatable bonds is 12. The van der Waals surface area contributed by atoms with Crippen molar-refractivity contribution in [2.45, 2.75) is 121 Å². The van der Waals surface area contributed by atoms with E-state index < -0.39 is 68.5 Å². The van der Waals surface area contributed by atoms with Gasteiger partial charge in [-0.2, -0.15) is 0 Å². The Morgan fingerprint density at radius 3 is 2.24 bits per heavy atom. The summed E-state index contributed by atoms with van der Waals surface area (Å²) in [5.41, 5.74) is 3.29. The minimum atomic E-state index is -3.83. The minimum absolute atomic E-state index is 0.0425. The standard InChI is InChI=1S/C35H52N6O7S/c1-33(2,3)28(39-32(46)40-35(15-8-6-9-16-35)20-49(47,48)24-14-7-10-17-37-24)31(45)41-19-22-25(34(22,4)5)26(41)30(44)38-23(27(42)29(36)43)18-21-12-11-13-21/h7,10,14,17,21-23,25-26,28H,6,8-9,11-13,15-16,18-20H2,1-5H3,(H2,36,43)(H,38,44)(H2,39,40,46)/t22-,23?,25-,26-,28+/m0/s1. The number of primary amides is 1. The summed E-state index contributed by atoms with van der Waals surface area (Å²) in [5, 5.41) is 8.55. The Hall–Kier alpha value is -3.55. The Balaban J connectivity index is 1.35. The van der Waals surface area contributed by atoms with Gasteiger partial charge in [-0.25, -0.2) is 18.2 Å². The molecule has 5 N–H and O–H groups in total. The topological polar surface area (TPSA) is 198 Å². The monoisotopic (exact) mass is 700 g/mol. The van der Waals surface area contributed by atoms with Crippen molar-refractivity contribution >= 4 is 39.4 Å². The number of fused-ring (bicyclic) bond motifs is 1. The summed E-state index contributed by atoms with van der Waals surface area (Å²) < 4.78 is 26.8. The molecule has 270 valence electrons. The number of hydrogen-bond donors (Lipinski definition) is 4. The third-order valence-corrected chi connectivity index (χ3v) is 13.2. The zero-order chi connectivity index (χ0) is 35.9. The zero-order valence-corrected chi connectivity index (χ0v) is 30.1. The number of carbonyl (C=O) groups excluding carboxylic acids is 5. The maximum absolute atomic E-state index is 14.4. The first-order valence-electron chi connectivity index (χ1n) is 17.5. The highest BCUT2D eigenvalue weighted by atomic mass is 32.2. The van der Waals surface area contributed by atoms with Gasteiger partial charge in [0.1, 0.15) is 12.1 Å². The second-order valence-electron chi connectivity index (χ2n) is 16.4. The van der Waals surface area contributed by atoms with Gasteiger partial charge in [0.05, 0.1) is 17.3 Å².